The Kier molecular flexibility index (Phi) is 2.91. The third kappa shape index (κ3) is 1.97. The Morgan fingerprint density at radius 1 is 1.53 bits per heavy atom. The van der Waals surface area contributed by atoms with E-state index in [2.05, 4.69) is 22.0 Å². The van der Waals surface area contributed by atoms with E-state index >= 15 is 0 Å². The van der Waals surface area contributed by atoms with Gasteiger partial charge in [0.15, 0.2) is 0 Å². The molecule has 3 heteroatoms. The number of alkyl halides is 1. The third-order valence-corrected chi connectivity index (χ3v) is 3.03. The van der Waals surface area contributed by atoms with E-state index in [1.54, 1.807) is 6.26 Å². The van der Waals surface area contributed by atoms with E-state index in [1.165, 1.54) is 0 Å². The van der Waals surface area contributed by atoms with Gasteiger partial charge in [0.1, 0.15) is 12.9 Å². The fraction of sp³-hybridized carbons (Fsp3) is 0.250. The molecule has 2 nitrogen and oxygen atoms in total. The van der Waals surface area contributed by atoms with Crippen molar-refractivity contribution in [1.82, 2.24) is 0 Å². The normalized spacial score (nSPS) is 15.3. The molecule has 1 aromatic carbocycles. The summed E-state index contributed by atoms with van der Waals surface area (Å²) in [4.78, 5) is 11.2. The second kappa shape index (κ2) is 4.19. The lowest BCUT2D eigenvalue weighted by atomic mass is 9.96. The first-order valence-electron chi connectivity index (χ1n) is 4.76. The van der Waals surface area contributed by atoms with Gasteiger partial charge in [-0.2, -0.15) is 0 Å². The highest BCUT2D eigenvalue weighted by Gasteiger charge is 2.13. The monoisotopic (exact) mass is 266 g/mol. The lowest BCUT2D eigenvalue weighted by Gasteiger charge is -2.16. The minimum Gasteiger partial charge on any atom is -0.496 e. The van der Waals surface area contributed by atoms with Crippen LogP contribution in [-0.2, 0) is 11.3 Å². The second-order valence-corrected chi connectivity index (χ2v) is 4.90. The zero-order valence-corrected chi connectivity index (χ0v) is 9.95. The van der Waals surface area contributed by atoms with Gasteiger partial charge in [-0.1, -0.05) is 22.0 Å². The minimum atomic E-state index is 0.248. The van der Waals surface area contributed by atoms with Crippen LogP contribution in [0, 0.1) is 0 Å². The minimum absolute atomic E-state index is 0.248. The van der Waals surface area contributed by atoms with E-state index in [4.69, 9.17) is 4.74 Å². The lowest BCUT2D eigenvalue weighted by Crippen LogP contribution is -2.03. The average Bonchev–Trinajstić information content (AvgIpc) is 2.27. The van der Waals surface area contributed by atoms with Gasteiger partial charge in [-0.05, 0) is 30.2 Å². The average molecular weight is 267 g/mol. The molecule has 1 aromatic rings. The van der Waals surface area contributed by atoms with E-state index in [0.29, 0.717) is 6.61 Å². The molecular weight excluding hydrogens is 256 g/mol. The Balaban J connectivity index is 2.59. The van der Waals surface area contributed by atoms with Crippen LogP contribution in [0.4, 0.5) is 0 Å². The lowest BCUT2D eigenvalue weighted by molar-refractivity contribution is 0.111. The molecule has 0 saturated heterocycles. The summed E-state index contributed by atoms with van der Waals surface area (Å²) in [6.45, 7) is 2.52. The first kappa shape index (κ1) is 10.4. The molecule has 0 spiro atoms. The van der Waals surface area contributed by atoms with Crippen LogP contribution in [0.2, 0.25) is 0 Å². The maximum absolute atomic E-state index is 11.0. The van der Waals surface area contributed by atoms with Crippen molar-refractivity contribution in [2.45, 2.75) is 18.4 Å². The summed E-state index contributed by atoms with van der Waals surface area (Å²) in [7, 11) is 0. The van der Waals surface area contributed by atoms with Crippen LogP contribution in [0.15, 0.2) is 18.4 Å². The number of carbonyl (C=O) groups is 1. The summed E-state index contributed by atoms with van der Waals surface area (Å²) >= 11 is 3.50. The van der Waals surface area contributed by atoms with Crippen LogP contribution in [-0.4, -0.2) is 6.29 Å². The molecule has 0 fully saturated rings. The number of benzene rings is 1. The molecule has 78 valence electrons. The summed E-state index contributed by atoms with van der Waals surface area (Å²) in [6, 6.07) is 3.99. The van der Waals surface area contributed by atoms with Crippen molar-refractivity contribution in [2.24, 2.45) is 0 Å². The number of hydrogen-bond acceptors (Lipinski definition) is 2. The van der Waals surface area contributed by atoms with Gasteiger partial charge in [-0.25, -0.2) is 0 Å². The van der Waals surface area contributed by atoms with E-state index in [1.807, 2.05) is 19.1 Å². The predicted molar refractivity (Wildman–Crippen MR) is 63.0 cm³/mol. The molecule has 2 rings (SSSR count). The third-order valence-electron chi connectivity index (χ3n) is 2.50. The molecule has 0 N–H and O–H groups in total. The number of ether oxygens (including phenoxy) is 1. The summed E-state index contributed by atoms with van der Waals surface area (Å²) in [5.41, 5.74) is 3.89. The van der Waals surface area contributed by atoms with Crippen LogP contribution < -0.4 is 0 Å². The molecule has 15 heavy (non-hydrogen) atoms. The van der Waals surface area contributed by atoms with Crippen LogP contribution in [0.25, 0.3) is 6.08 Å². The summed E-state index contributed by atoms with van der Waals surface area (Å²) in [5, 5.41) is 0. The van der Waals surface area contributed by atoms with Gasteiger partial charge < -0.3 is 4.74 Å². The Morgan fingerprint density at radius 2 is 2.33 bits per heavy atom. The van der Waals surface area contributed by atoms with E-state index in [9.17, 15) is 4.79 Å². The van der Waals surface area contributed by atoms with Crippen LogP contribution in [0.1, 0.15) is 38.8 Å². The van der Waals surface area contributed by atoms with Gasteiger partial charge in [-0.3, -0.25) is 4.79 Å². The smallest absolute Gasteiger partial charge is 0.150 e. The van der Waals surface area contributed by atoms with Crippen LogP contribution >= 0.6 is 15.9 Å². The molecule has 1 unspecified atom stereocenters. The number of fused-ring (bicyclic) bond motifs is 1. The van der Waals surface area contributed by atoms with Gasteiger partial charge in [-0.15, -0.1) is 0 Å². The quantitative estimate of drug-likeness (QED) is 0.606. The first-order valence-corrected chi connectivity index (χ1v) is 5.68. The fourth-order valence-electron chi connectivity index (χ4n) is 1.64. The molecule has 0 amide bonds. The SMILES string of the molecule is CC(Br)c1cc(C=O)c2c(c1)C=COC2. The number of rotatable bonds is 2. The van der Waals surface area contributed by atoms with E-state index in [-0.39, 0.29) is 4.83 Å². The van der Waals surface area contributed by atoms with Gasteiger partial charge in [0.05, 0.1) is 6.26 Å². The summed E-state index contributed by atoms with van der Waals surface area (Å²) in [5.74, 6) is 0. The Hall–Kier alpha value is -1.09. The zero-order chi connectivity index (χ0) is 10.8. The highest BCUT2D eigenvalue weighted by Crippen LogP contribution is 2.29. The Morgan fingerprint density at radius 3 is 3.00 bits per heavy atom. The number of hydrogen-bond donors (Lipinski definition) is 0. The number of carbonyl (C=O) groups excluding carboxylic acids is 1. The molecule has 1 heterocycles. The Bertz CT molecular complexity index is 422. The van der Waals surface area contributed by atoms with E-state index < -0.39 is 0 Å². The molecular formula is C12H11BrO2. The molecule has 0 aliphatic carbocycles. The van der Waals surface area contributed by atoms with Crippen molar-refractivity contribution >= 4 is 28.3 Å². The standard InChI is InChI=1S/C12H11BrO2/c1-8(13)10-4-9-2-3-15-7-12(9)11(5-10)6-14/h2-6,8H,7H2,1H3. The summed E-state index contributed by atoms with van der Waals surface area (Å²) < 4.78 is 5.19. The van der Waals surface area contributed by atoms with Gasteiger partial charge in [0.25, 0.3) is 0 Å². The van der Waals surface area contributed by atoms with Crippen molar-refractivity contribution < 1.29 is 9.53 Å². The zero-order valence-electron chi connectivity index (χ0n) is 8.37. The second-order valence-electron chi connectivity index (χ2n) is 3.53. The van der Waals surface area contributed by atoms with Crippen molar-refractivity contribution in [1.29, 1.82) is 0 Å². The molecule has 1 atom stereocenters. The van der Waals surface area contributed by atoms with Gasteiger partial charge in [0.2, 0.25) is 0 Å². The van der Waals surface area contributed by atoms with Crippen molar-refractivity contribution in [2.75, 3.05) is 0 Å². The number of halogens is 1. The largest absolute Gasteiger partial charge is 0.496 e. The summed E-state index contributed by atoms with van der Waals surface area (Å²) in [6.07, 6.45) is 4.45. The van der Waals surface area contributed by atoms with Gasteiger partial charge in [0, 0.05) is 16.0 Å². The van der Waals surface area contributed by atoms with Crippen LogP contribution in [0.3, 0.4) is 0 Å². The predicted octanol–water partition coefficient (Wildman–Crippen LogP) is 3.46. The molecule has 0 aromatic heterocycles. The van der Waals surface area contributed by atoms with E-state index in [0.717, 1.165) is 28.5 Å². The molecule has 0 bridgehead atoms. The Labute approximate surface area is 97.1 Å². The molecule has 0 saturated carbocycles. The maximum atomic E-state index is 11.0. The molecule has 1 aliphatic heterocycles. The topological polar surface area (TPSA) is 26.3 Å². The van der Waals surface area contributed by atoms with Gasteiger partial charge >= 0.3 is 0 Å². The number of aldehydes is 1. The maximum Gasteiger partial charge on any atom is 0.150 e. The highest BCUT2D eigenvalue weighted by molar-refractivity contribution is 9.09. The first-order chi connectivity index (χ1) is 7.22. The highest BCUT2D eigenvalue weighted by atomic mass is 79.9. The molecule has 0 radical (unpaired) electrons. The molecule has 1 aliphatic rings. The van der Waals surface area contributed by atoms with Crippen molar-refractivity contribution in [3.8, 4) is 0 Å². The van der Waals surface area contributed by atoms with Crippen molar-refractivity contribution in [3.63, 3.8) is 0 Å². The van der Waals surface area contributed by atoms with Crippen LogP contribution in [0.5, 0.6) is 0 Å². The van der Waals surface area contributed by atoms with Crippen molar-refractivity contribution in [3.05, 3.63) is 40.6 Å². The fourth-order valence-corrected chi connectivity index (χ4v) is 1.91.